The quantitative estimate of drug-likeness (QED) is 0.529. The molecular formula is C21H19NO5S. The highest BCUT2D eigenvalue weighted by atomic mass is 32.1. The Morgan fingerprint density at radius 3 is 2.57 bits per heavy atom. The second-order valence-electron chi connectivity index (χ2n) is 5.74. The Morgan fingerprint density at radius 2 is 1.79 bits per heavy atom. The fraction of sp³-hybridized carbons (Fsp3) is 0.190. The molecule has 0 bridgehead atoms. The molecule has 1 aromatic heterocycles. The minimum absolute atomic E-state index is 0.0240. The van der Waals surface area contributed by atoms with Crippen LogP contribution in [0.2, 0.25) is 0 Å². The zero-order valence-electron chi connectivity index (χ0n) is 15.3. The normalized spacial score (nSPS) is 10.3. The maximum Gasteiger partial charge on any atom is 0.367 e. The summed E-state index contributed by atoms with van der Waals surface area (Å²) >= 11 is 1.16. The Bertz CT molecular complexity index is 939. The monoisotopic (exact) mass is 397 g/mol. The predicted octanol–water partition coefficient (Wildman–Crippen LogP) is 4.26. The predicted molar refractivity (Wildman–Crippen MR) is 104 cm³/mol. The van der Waals surface area contributed by atoms with Gasteiger partial charge in [-0.15, -0.1) is 11.3 Å². The van der Waals surface area contributed by atoms with Crippen LogP contribution in [0, 0.1) is 0 Å². The van der Waals surface area contributed by atoms with Crippen molar-refractivity contribution in [1.82, 2.24) is 4.98 Å². The number of aromatic nitrogens is 1. The Balaban J connectivity index is 1.55. The summed E-state index contributed by atoms with van der Waals surface area (Å²) in [6.07, 6.45) is 0. The number of carbonyl (C=O) groups excluding carboxylic acids is 2. The molecule has 0 saturated carbocycles. The van der Waals surface area contributed by atoms with Gasteiger partial charge in [0.2, 0.25) is 5.01 Å². The molecule has 0 aliphatic carbocycles. The van der Waals surface area contributed by atoms with E-state index < -0.39 is 11.9 Å². The number of hydrogen-bond acceptors (Lipinski definition) is 7. The van der Waals surface area contributed by atoms with Crippen LogP contribution < -0.4 is 4.74 Å². The molecule has 1 heterocycles. The number of thiazole rings is 1. The van der Waals surface area contributed by atoms with Crippen LogP contribution in [0.3, 0.4) is 0 Å². The summed E-state index contributed by atoms with van der Waals surface area (Å²) in [6.45, 7) is 2.40. The van der Waals surface area contributed by atoms with Gasteiger partial charge in [-0.05, 0) is 30.7 Å². The maximum absolute atomic E-state index is 12.3. The number of carbonyl (C=O) groups is 2. The van der Waals surface area contributed by atoms with Crippen molar-refractivity contribution in [2.75, 3.05) is 6.61 Å². The van der Waals surface area contributed by atoms with Crippen LogP contribution in [0.25, 0.3) is 0 Å². The number of benzene rings is 2. The van der Waals surface area contributed by atoms with E-state index in [1.54, 1.807) is 36.6 Å². The Kier molecular flexibility index (Phi) is 6.75. The van der Waals surface area contributed by atoms with Crippen LogP contribution in [0.5, 0.6) is 5.75 Å². The summed E-state index contributed by atoms with van der Waals surface area (Å²) in [7, 11) is 0. The van der Waals surface area contributed by atoms with Gasteiger partial charge in [-0.1, -0.05) is 36.4 Å². The highest BCUT2D eigenvalue weighted by molar-refractivity contribution is 7.11. The molecule has 0 spiro atoms. The molecule has 0 saturated heterocycles. The van der Waals surface area contributed by atoms with Crippen molar-refractivity contribution in [3.63, 3.8) is 0 Å². The first kappa shape index (κ1) is 19.6. The van der Waals surface area contributed by atoms with Gasteiger partial charge in [0, 0.05) is 5.38 Å². The molecule has 0 amide bonds. The fourth-order valence-corrected chi connectivity index (χ4v) is 3.03. The number of ether oxygens (including phenoxy) is 3. The second kappa shape index (κ2) is 9.66. The van der Waals surface area contributed by atoms with Crippen molar-refractivity contribution < 1.29 is 23.8 Å². The van der Waals surface area contributed by atoms with E-state index in [0.717, 1.165) is 16.9 Å². The summed E-state index contributed by atoms with van der Waals surface area (Å²) in [4.78, 5) is 28.0. The fourth-order valence-electron chi connectivity index (χ4n) is 2.34. The molecule has 0 fully saturated rings. The van der Waals surface area contributed by atoms with Crippen molar-refractivity contribution in [1.29, 1.82) is 0 Å². The Morgan fingerprint density at radius 1 is 0.964 bits per heavy atom. The molecular weight excluding hydrogens is 378 g/mol. The summed E-state index contributed by atoms with van der Waals surface area (Å²) < 4.78 is 15.9. The van der Waals surface area contributed by atoms with Crippen LogP contribution in [-0.4, -0.2) is 23.5 Å². The number of esters is 2. The van der Waals surface area contributed by atoms with Crippen LogP contribution in [0.4, 0.5) is 0 Å². The standard InChI is InChI=1S/C21H19NO5S/c1-2-25-21(24)19-22-17(14-28-19)13-27-20(23)16-9-6-10-18(11-16)26-12-15-7-4-3-5-8-15/h3-11,14H,2,12-13H2,1H3. The third-order valence-electron chi connectivity index (χ3n) is 3.67. The largest absolute Gasteiger partial charge is 0.489 e. The van der Waals surface area contributed by atoms with Gasteiger partial charge in [0.05, 0.1) is 17.9 Å². The lowest BCUT2D eigenvalue weighted by Gasteiger charge is -2.08. The second-order valence-corrected chi connectivity index (χ2v) is 6.60. The van der Waals surface area contributed by atoms with E-state index in [1.165, 1.54) is 0 Å². The SMILES string of the molecule is CCOC(=O)c1nc(COC(=O)c2cccc(OCc3ccccc3)c2)cs1. The topological polar surface area (TPSA) is 74.7 Å². The van der Waals surface area contributed by atoms with E-state index in [1.807, 2.05) is 30.3 Å². The third-order valence-corrected chi connectivity index (χ3v) is 4.54. The van der Waals surface area contributed by atoms with Gasteiger partial charge in [0.25, 0.3) is 0 Å². The lowest BCUT2D eigenvalue weighted by molar-refractivity contribution is 0.0467. The minimum Gasteiger partial charge on any atom is -0.489 e. The first-order valence-electron chi connectivity index (χ1n) is 8.71. The van der Waals surface area contributed by atoms with Crippen molar-refractivity contribution in [3.05, 3.63) is 81.8 Å². The molecule has 2 aromatic carbocycles. The van der Waals surface area contributed by atoms with E-state index in [9.17, 15) is 9.59 Å². The van der Waals surface area contributed by atoms with E-state index in [2.05, 4.69) is 4.98 Å². The Hall–Kier alpha value is -3.19. The highest BCUT2D eigenvalue weighted by Gasteiger charge is 2.14. The zero-order valence-corrected chi connectivity index (χ0v) is 16.1. The molecule has 6 nitrogen and oxygen atoms in total. The summed E-state index contributed by atoms with van der Waals surface area (Å²) in [5, 5.41) is 1.91. The lowest BCUT2D eigenvalue weighted by Crippen LogP contribution is -2.07. The van der Waals surface area contributed by atoms with Crippen molar-refractivity contribution >= 4 is 23.3 Å². The van der Waals surface area contributed by atoms with Gasteiger partial charge in [0.1, 0.15) is 19.0 Å². The Labute approximate surface area is 166 Å². The molecule has 0 radical (unpaired) electrons. The molecule has 0 N–H and O–H groups in total. The third kappa shape index (κ3) is 5.40. The number of hydrogen-bond donors (Lipinski definition) is 0. The summed E-state index contributed by atoms with van der Waals surface area (Å²) in [5.74, 6) is -0.388. The van der Waals surface area contributed by atoms with Crippen LogP contribution in [0.1, 0.15) is 38.3 Å². The highest BCUT2D eigenvalue weighted by Crippen LogP contribution is 2.17. The van der Waals surface area contributed by atoms with Crippen LogP contribution in [-0.2, 0) is 22.7 Å². The molecule has 0 aliphatic heterocycles. The van der Waals surface area contributed by atoms with Crippen LogP contribution in [0.15, 0.2) is 60.0 Å². The first-order valence-corrected chi connectivity index (χ1v) is 9.59. The van der Waals surface area contributed by atoms with Crippen molar-refractivity contribution in [3.8, 4) is 5.75 Å². The van der Waals surface area contributed by atoms with Gasteiger partial charge in [-0.2, -0.15) is 0 Å². The van der Waals surface area contributed by atoms with E-state index in [0.29, 0.717) is 23.6 Å². The number of nitrogens with zero attached hydrogens (tertiary/aromatic N) is 1. The minimum atomic E-state index is -0.490. The molecule has 0 atom stereocenters. The van der Waals surface area contributed by atoms with E-state index in [4.69, 9.17) is 14.2 Å². The average molecular weight is 397 g/mol. The van der Waals surface area contributed by atoms with Gasteiger partial charge in [-0.25, -0.2) is 14.6 Å². The van der Waals surface area contributed by atoms with E-state index >= 15 is 0 Å². The molecule has 7 heteroatoms. The van der Waals surface area contributed by atoms with Gasteiger partial charge < -0.3 is 14.2 Å². The van der Waals surface area contributed by atoms with Crippen molar-refractivity contribution in [2.24, 2.45) is 0 Å². The molecule has 3 rings (SSSR count). The number of rotatable bonds is 8. The summed E-state index contributed by atoms with van der Waals surface area (Å²) in [6, 6.07) is 16.6. The van der Waals surface area contributed by atoms with Gasteiger partial charge >= 0.3 is 11.9 Å². The van der Waals surface area contributed by atoms with Crippen molar-refractivity contribution in [2.45, 2.75) is 20.1 Å². The lowest BCUT2D eigenvalue weighted by atomic mass is 10.2. The van der Waals surface area contributed by atoms with E-state index in [-0.39, 0.29) is 18.2 Å². The molecule has 3 aromatic rings. The van der Waals surface area contributed by atoms with Gasteiger partial charge in [-0.3, -0.25) is 0 Å². The van der Waals surface area contributed by atoms with Crippen LogP contribution >= 0.6 is 11.3 Å². The first-order chi connectivity index (χ1) is 13.7. The smallest absolute Gasteiger partial charge is 0.367 e. The average Bonchev–Trinajstić information content (AvgIpc) is 3.21. The van der Waals surface area contributed by atoms with Gasteiger partial charge in [0.15, 0.2) is 0 Å². The summed E-state index contributed by atoms with van der Waals surface area (Å²) in [5.41, 5.74) is 1.92. The zero-order chi connectivity index (χ0) is 19.8. The maximum atomic E-state index is 12.3. The molecule has 144 valence electrons. The molecule has 0 unspecified atom stereocenters. The molecule has 0 aliphatic rings. The molecule has 28 heavy (non-hydrogen) atoms.